The zero-order valence-corrected chi connectivity index (χ0v) is 10.2. The molecule has 1 amide bonds. The average molecular weight is 258 g/mol. The summed E-state index contributed by atoms with van der Waals surface area (Å²) >= 11 is 0. The zero-order valence-electron chi connectivity index (χ0n) is 10.2. The molecular weight excluding hydrogens is 248 g/mol. The molecule has 7 heteroatoms. The van der Waals surface area contributed by atoms with Crippen LogP contribution in [0, 0.1) is 39.9 Å². The van der Waals surface area contributed by atoms with Crippen LogP contribution >= 0.6 is 0 Å². The van der Waals surface area contributed by atoms with Crippen molar-refractivity contribution in [1.82, 2.24) is 4.90 Å². The van der Waals surface area contributed by atoms with E-state index >= 15 is 0 Å². The molecule has 0 spiro atoms. The van der Waals surface area contributed by atoms with E-state index < -0.39 is 17.8 Å². The summed E-state index contributed by atoms with van der Waals surface area (Å²) in [4.78, 5) is 24.3. The quantitative estimate of drug-likeness (QED) is 0.527. The van der Waals surface area contributed by atoms with Gasteiger partial charge in [0.1, 0.15) is 17.7 Å². The van der Waals surface area contributed by atoms with Gasteiger partial charge in [0, 0.05) is 13.0 Å². The summed E-state index contributed by atoms with van der Waals surface area (Å²) in [7, 11) is 1.22. The van der Waals surface area contributed by atoms with Crippen LogP contribution in [0.4, 0.5) is 0 Å². The number of hydrogen-bond donors (Lipinski definition) is 0. The van der Waals surface area contributed by atoms with Gasteiger partial charge in [-0.15, -0.1) is 0 Å². The molecule has 0 aromatic rings. The molecule has 19 heavy (non-hydrogen) atoms. The molecular formula is C12H10N4O3. The Labute approximate surface area is 109 Å². The van der Waals surface area contributed by atoms with Crippen LogP contribution in [-0.4, -0.2) is 30.4 Å². The number of hydrogen-bond acceptors (Lipinski definition) is 6. The second-order valence-corrected chi connectivity index (χ2v) is 3.81. The van der Waals surface area contributed by atoms with Crippen LogP contribution in [-0.2, 0) is 14.3 Å². The Morgan fingerprint density at radius 3 is 2.53 bits per heavy atom. The van der Waals surface area contributed by atoms with E-state index in [0.29, 0.717) is 0 Å². The Kier molecular flexibility index (Phi) is 4.62. The molecule has 1 saturated heterocycles. The molecule has 0 aliphatic carbocycles. The smallest absolute Gasteiger partial charge is 0.311 e. The minimum Gasteiger partial charge on any atom is -0.469 e. The molecule has 1 aliphatic heterocycles. The highest BCUT2D eigenvalue weighted by Crippen LogP contribution is 2.26. The minimum absolute atomic E-state index is 0.0232. The van der Waals surface area contributed by atoms with Crippen molar-refractivity contribution in [2.24, 2.45) is 5.92 Å². The number of carbonyl (C=O) groups is 2. The number of rotatable bonds is 3. The van der Waals surface area contributed by atoms with Crippen molar-refractivity contribution in [3.05, 3.63) is 11.3 Å². The van der Waals surface area contributed by atoms with Crippen molar-refractivity contribution in [2.45, 2.75) is 12.8 Å². The number of esters is 1. The molecule has 7 nitrogen and oxygen atoms in total. The fraction of sp³-hybridized carbons (Fsp3) is 0.417. The monoisotopic (exact) mass is 258 g/mol. The number of carbonyl (C=O) groups excluding carboxylic acids is 2. The number of amides is 1. The van der Waals surface area contributed by atoms with E-state index in [1.807, 2.05) is 0 Å². The molecule has 1 atom stereocenters. The van der Waals surface area contributed by atoms with Crippen LogP contribution in [0.3, 0.4) is 0 Å². The Morgan fingerprint density at radius 2 is 2.05 bits per heavy atom. The van der Waals surface area contributed by atoms with Gasteiger partial charge < -0.3 is 9.64 Å². The first kappa shape index (κ1) is 14.2. The lowest BCUT2D eigenvalue weighted by molar-refractivity contribution is -0.145. The van der Waals surface area contributed by atoms with Crippen LogP contribution in [0.25, 0.3) is 0 Å². The van der Waals surface area contributed by atoms with Gasteiger partial charge in [-0.3, -0.25) is 9.59 Å². The third-order valence-corrected chi connectivity index (χ3v) is 2.74. The Hall–Kier alpha value is -2.85. The molecule has 96 valence electrons. The van der Waals surface area contributed by atoms with E-state index in [9.17, 15) is 9.59 Å². The normalized spacial score (nSPS) is 17.1. The van der Waals surface area contributed by atoms with Gasteiger partial charge >= 0.3 is 5.97 Å². The number of ether oxygens (including phenoxy) is 1. The largest absolute Gasteiger partial charge is 0.469 e. The fourth-order valence-electron chi connectivity index (χ4n) is 1.84. The zero-order chi connectivity index (χ0) is 14.4. The van der Waals surface area contributed by atoms with Gasteiger partial charge in [0.2, 0.25) is 5.91 Å². The van der Waals surface area contributed by atoms with Crippen LogP contribution in [0.1, 0.15) is 12.8 Å². The molecule has 0 radical (unpaired) electrons. The minimum atomic E-state index is -0.634. The molecule has 0 saturated carbocycles. The summed E-state index contributed by atoms with van der Waals surface area (Å²) in [6, 6.07) is 5.10. The van der Waals surface area contributed by atoms with Crippen molar-refractivity contribution in [3.63, 3.8) is 0 Å². The van der Waals surface area contributed by atoms with Crippen LogP contribution in [0.15, 0.2) is 11.3 Å². The van der Waals surface area contributed by atoms with Crippen LogP contribution < -0.4 is 0 Å². The van der Waals surface area contributed by atoms with Gasteiger partial charge in [-0.1, -0.05) is 0 Å². The van der Waals surface area contributed by atoms with Crippen molar-refractivity contribution < 1.29 is 14.3 Å². The standard InChI is InChI=1S/C12H10N4O3/c1-19-12(18)8-4-11(17)16(7-8)10(2-3-13)9(5-14)6-15/h8H,2,4,7H2,1H3. The lowest BCUT2D eigenvalue weighted by Gasteiger charge is -2.18. The third kappa shape index (κ3) is 2.88. The van der Waals surface area contributed by atoms with Crippen molar-refractivity contribution in [3.8, 4) is 18.2 Å². The summed E-state index contributed by atoms with van der Waals surface area (Å²) in [5, 5.41) is 26.4. The number of nitrogens with zero attached hydrogens (tertiary/aromatic N) is 4. The molecule has 0 N–H and O–H groups in total. The molecule has 1 fully saturated rings. The summed E-state index contributed by atoms with van der Waals surface area (Å²) in [6.07, 6.45) is -0.290. The van der Waals surface area contributed by atoms with Crippen LogP contribution in [0.2, 0.25) is 0 Å². The van der Waals surface area contributed by atoms with E-state index in [0.717, 1.165) is 4.90 Å². The van der Waals surface area contributed by atoms with E-state index in [1.165, 1.54) is 7.11 Å². The molecule has 1 rings (SSSR count). The maximum Gasteiger partial charge on any atom is 0.311 e. The maximum absolute atomic E-state index is 11.8. The predicted octanol–water partition coefficient (Wildman–Crippen LogP) is 0.223. The summed E-state index contributed by atoms with van der Waals surface area (Å²) in [6.45, 7) is 0.0232. The number of nitriles is 3. The van der Waals surface area contributed by atoms with Gasteiger partial charge in [0.05, 0.1) is 31.2 Å². The number of allylic oxidation sites excluding steroid dienone is 2. The second-order valence-electron chi connectivity index (χ2n) is 3.81. The SMILES string of the molecule is COC(=O)C1CC(=O)N(C(CC#N)=C(C#N)C#N)C1. The van der Waals surface area contributed by atoms with Gasteiger partial charge in [0.15, 0.2) is 0 Å². The first-order valence-electron chi connectivity index (χ1n) is 5.37. The molecule has 1 heterocycles. The fourth-order valence-corrected chi connectivity index (χ4v) is 1.84. The lowest BCUT2D eigenvalue weighted by atomic mass is 10.1. The van der Waals surface area contributed by atoms with E-state index in [4.69, 9.17) is 15.8 Å². The Bertz CT molecular complexity index is 543. The lowest BCUT2D eigenvalue weighted by Crippen LogP contribution is -2.27. The summed E-state index contributed by atoms with van der Waals surface area (Å²) < 4.78 is 4.55. The first-order valence-corrected chi connectivity index (χ1v) is 5.37. The van der Waals surface area contributed by atoms with Gasteiger partial charge in [-0.25, -0.2) is 0 Å². The van der Waals surface area contributed by atoms with Gasteiger partial charge in [-0.05, 0) is 0 Å². The van der Waals surface area contributed by atoms with Gasteiger partial charge in [0.25, 0.3) is 0 Å². The summed E-state index contributed by atoms with van der Waals surface area (Å²) in [5.74, 6) is -1.56. The molecule has 0 bridgehead atoms. The number of likely N-dealkylation sites (tertiary alicyclic amines) is 1. The number of methoxy groups -OCH3 is 1. The average Bonchev–Trinajstić information content (AvgIpc) is 2.80. The third-order valence-electron chi connectivity index (χ3n) is 2.74. The Morgan fingerprint density at radius 1 is 1.42 bits per heavy atom. The summed E-state index contributed by atoms with van der Waals surface area (Å²) in [5.41, 5.74) is -0.246. The van der Waals surface area contributed by atoms with E-state index in [1.54, 1.807) is 18.2 Å². The maximum atomic E-state index is 11.8. The van der Waals surface area contributed by atoms with E-state index in [-0.39, 0.29) is 30.7 Å². The van der Waals surface area contributed by atoms with Gasteiger partial charge in [-0.2, -0.15) is 15.8 Å². The van der Waals surface area contributed by atoms with Crippen molar-refractivity contribution >= 4 is 11.9 Å². The first-order chi connectivity index (χ1) is 9.08. The van der Waals surface area contributed by atoms with Crippen molar-refractivity contribution in [1.29, 1.82) is 15.8 Å². The Balaban J connectivity index is 3.09. The van der Waals surface area contributed by atoms with Crippen molar-refractivity contribution in [2.75, 3.05) is 13.7 Å². The van der Waals surface area contributed by atoms with E-state index in [2.05, 4.69) is 4.74 Å². The molecule has 0 aromatic heterocycles. The topological polar surface area (TPSA) is 118 Å². The molecule has 1 unspecified atom stereocenters. The highest BCUT2D eigenvalue weighted by atomic mass is 16.5. The second kappa shape index (κ2) is 6.18. The predicted molar refractivity (Wildman–Crippen MR) is 60.3 cm³/mol. The highest BCUT2D eigenvalue weighted by Gasteiger charge is 2.37. The van der Waals surface area contributed by atoms with Crippen LogP contribution in [0.5, 0.6) is 0 Å². The molecule has 1 aliphatic rings. The molecule has 0 aromatic carbocycles. The highest BCUT2D eigenvalue weighted by molar-refractivity contribution is 5.88.